The van der Waals surface area contributed by atoms with E-state index in [1.165, 1.54) is 21.6 Å². The van der Waals surface area contributed by atoms with Crippen molar-refractivity contribution in [1.29, 1.82) is 0 Å². The van der Waals surface area contributed by atoms with Crippen molar-refractivity contribution < 1.29 is 4.79 Å². The molecule has 0 aliphatic carbocycles. The number of nitrogens with one attached hydrogen (secondary N) is 1. The van der Waals surface area contributed by atoms with Gasteiger partial charge in [-0.05, 0) is 38.3 Å². The minimum atomic E-state index is -0.367. The van der Waals surface area contributed by atoms with Gasteiger partial charge in [0.1, 0.15) is 18.7 Å². The zero-order valence-electron chi connectivity index (χ0n) is 13.1. The highest BCUT2D eigenvalue weighted by molar-refractivity contribution is 7.12. The first-order valence-electron chi connectivity index (χ1n) is 7.11. The van der Waals surface area contributed by atoms with E-state index in [2.05, 4.69) is 49.2 Å². The van der Waals surface area contributed by atoms with Crippen molar-refractivity contribution in [2.75, 3.05) is 0 Å². The number of thiophene rings is 1. The molecule has 0 aliphatic heterocycles. The molecule has 2 heterocycles. The van der Waals surface area contributed by atoms with E-state index in [1.807, 2.05) is 6.92 Å². The molecule has 0 saturated heterocycles. The summed E-state index contributed by atoms with van der Waals surface area (Å²) in [6.07, 6.45) is 3.00. The Balaban J connectivity index is 2.17. The molecule has 1 N–H and O–H groups in total. The number of amides is 1. The lowest BCUT2D eigenvalue weighted by Gasteiger charge is -2.24. The average Bonchev–Trinajstić information content (AvgIpc) is 3.04. The molecule has 1 amide bonds. The van der Waals surface area contributed by atoms with E-state index in [1.54, 1.807) is 22.3 Å². The SMILES string of the molecule is Cc1cc([C@@H](NC(=O)[C@@H](C)n2cncn2)C(C)C)c(C)s1. The number of carbonyl (C=O) groups is 1. The maximum Gasteiger partial charge on any atom is 0.245 e. The summed E-state index contributed by atoms with van der Waals surface area (Å²) in [5.41, 5.74) is 1.21. The van der Waals surface area contributed by atoms with Gasteiger partial charge in [0.25, 0.3) is 0 Å². The zero-order chi connectivity index (χ0) is 15.6. The van der Waals surface area contributed by atoms with Gasteiger partial charge in [-0.1, -0.05) is 13.8 Å². The largest absolute Gasteiger partial charge is 0.347 e. The zero-order valence-corrected chi connectivity index (χ0v) is 13.9. The second-order valence-electron chi connectivity index (χ2n) is 5.65. The molecule has 0 aliphatic rings. The highest BCUT2D eigenvalue weighted by Crippen LogP contribution is 2.31. The first kappa shape index (κ1) is 15.7. The summed E-state index contributed by atoms with van der Waals surface area (Å²) in [5.74, 6) is 0.284. The first-order valence-corrected chi connectivity index (χ1v) is 7.93. The van der Waals surface area contributed by atoms with Gasteiger partial charge in [-0.15, -0.1) is 11.3 Å². The summed E-state index contributed by atoms with van der Waals surface area (Å²) < 4.78 is 1.57. The van der Waals surface area contributed by atoms with Gasteiger partial charge in [-0.25, -0.2) is 9.67 Å². The molecule has 0 unspecified atom stereocenters. The third kappa shape index (κ3) is 3.50. The predicted octanol–water partition coefficient (Wildman–Crippen LogP) is 3.03. The standard InChI is InChI=1S/C15H22N4OS/c1-9(2)14(13-6-10(3)21-12(13)5)18-15(20)11(4)19-8-16-7-17-19/h6-9,11,14H,1-5H3,(H,18,20)/t11-,14+/m1/s1. The number of hydrogen-bond donors (Lipinski definition) is 1. The number of carbonyl (C=O) groups excluding carboxylic acids is 1. The maximum absolute atomic E-state index is 12.5. The summed E-state index contributed by atoms with van der Waals surface area (Å²) in [6.45, 7) is 10.3. The van der Waals surface area contributed by atoms with E-state index in [9.17, 15) is 4.79 Å². The molecular weight excluding hydrogens is 284 g/mol. The van der Waals surface area contributed by atoms with Crippen LogP contribution in [-0.4, -0.2) is 20.7 Å². The lowest BCUT2D eigenvalue weighted by atomic mass is 9.96. The van der Waals surface area contributed by atoms with Crippen LogP contribution in [-0.2, 0) is 4.79 Å². The molecule has 0 saturated carbocycles. The van der Waals surface area contributed by atoms with Crippen LogP contribution in [0.15, 0.2) is 18.7 Å². The lowest BCUT2D eigenvalue weighted by Crippen LogP contribution is -2.36. The molecule has 114 valence electrons. The second kappa shape index (κ2) is 6.39. The van der Waals surface area contributed by atoms with Crippen LogP contribution in [0.4, 0.5) is 0 Å². The van der Waals surface area contributed by atoms with E-state index in [4.69, 9.17) is 0 Å². The highest BCUT2D eigenvalue weighted by atomic mass is 32.1. The number of hydrogen-bond acceptors (Lipinski definition) is 4. The Bertz CT molecular complexity index is 603. The van der Waals surface area contributed by atoms with E-state index in [0.29, 0.717) is 5.92 Å². The van der Waals surface area contributed by atoms with Gasteiger partial charge in [0, 0.05) is 9.75 Å². The predicted molar refractivity (Wildman–Crippen MR) is 84.2 cm³/mol. The minimum absolute atomic E-state index is 0.0217. The molecule has 6 heteroatoms. The van der Waals surface area contributed by atoms with Gasteiger partial charge in [-0.2, -0.15) is 5.10 Å². The van der Waals surface area contributed by atoms with Gasteiger partial charge in [0.05, 0.1) is 6.04 Å². The van der Waals surface area contributed by atoms with Crippen molar-refractivity contribution in [3.63, 3.8) is 0 Å². The quantitative estimate of drug-likeness (QED) is 0.923. The summed E-state index contributed by atoms with van der Waals surface area (Å²) in [5, 5.41) is 7.18. The van der Waals surface area contributed by atoms with E-state index < -0.39 is 0 Å². The fourth-order valence-corrected chi connectivity index (χ4v) is 3.35. The molecule has 0 bridgehead atoms. The molecule has 0 aromatic carbocycles. The van der Waals surface area contributed by atoms with Gasteiger partial charge in [-0.3, -0.25) is 4.79 Å². The molecule has 2 aromatic rings. The summed E-state index contributed by atoms with van der Waals surface area (Å²) in [4.78, 5) is 18.9. The third-order valence-electron chi connectivity index (χ3n) is 3.59. The molecule has 2 aromatic heterocycles. The lowest BCUT2D eigenvalue weighted by molar-refractivity contribution is -0.125. The number of aryl methyl sites for hydroxylation is 2. The normalized spacial score (nSPS) is 14.2. The second-order valence-corrected chi connectivity index (χ2v) is 7.11. The van der Waals surface area contributed by atoms with Crippen LogP contribution in [0.25, 0.3) is 0 Å². The number of aromatic nitrogens is 3. The number of rotatable bonds is 5. The van der Waals surface area contributed by atoms with Crippen LogP contribution in [0.5, 0.6) is 0 Å². The van der Waals surface area contributed by atoms with Crippen LogP contribution in [0.1, 0.15) is 48.2 Å². The Labute approximate surface area is 129 Å². The molecule has 5 nitrogen and oxygen atoms in total. The molecule has 0 spiro atoms. The van der Waals surface area contributed by atoms with E-state index in [-0.39, 0.29) is 18.0 Å². The molecule has 21 heavy (non-hydrogen) atoms. The van der Waals surface area contributed by atoms with Crippen molar-refractivity contribution in [1.82, 2.24) is 20.1 Å². The minimum Gasteiger partial charge on any atom is -0.347 e. The molecular formula is C15H22N4OS. The van der Waals surface area contributed by atoms with Gasteiger partial charge in [0.2, 0.25) is 5.91 Å². The first-order chi connectivity index (χ1) is 9.90. The maximum atomic E-state index is 12.5. The fourth-order valence-electron chi connectivity index (χ4n) is 2.37. The third-order valence-corrected chi connectivity index (χ3v) is 4.57. The average molecular weight is 306 g/mol. The summed E-state index contributed by atoms with van der Waals surface area (Å²) >= 11 is 1.77. The van der Waals surface area contributed by atoms with Gasteiger partial charge in [0.15, 0.2) is 0 Å². The van der Waals surface area contributed by atoms with Crippen LogP contribution < -0.4 is 5.32 Å². The monoisotopic (exact) mass is 306 g/mol. The van der Waals surface area contributed by atoms with Crippen molar-refractivity contribution in [2.24, 2.45) is 5.92 Å². The molecule has 0 radical (unpaired) electrons. The Morgan fingerprint density at radius 1 is 1.33 bits per heavy atom. The summed E-state index contributed by atoms with van der Waals surface area (Å²) in [6, 6.07) is 1.83. The van der Waals surface area contributed by atoms with E-state index in [0.717, 1.165) is 0 Å². The Hall–Kier alpha value is -1.69. The van der Waals surface area contributed by atoms with Crippen LogP contribution >= 0.6 is 11.3 Å². The molecule has 0 fully saturated rings. The van der Waals surface area contributed by atoms with Gasteiger partial charge >= 0.3 is 0 Å². The number of nitrogens with zero attached hydrogens (tertiary/aromatic N) is 3. The van der Waals surface area contributed by atoms with Crippen LogP contribution in [0, 0.1) is 19.8 Å². The summed E-state index contributed by atoms with van der Waals surface area (Å²) in [7, 11) is 0. The Kier molecular flexibility index (Phi) is 4.77. The smallest absolute Gasteiger partial charge is 0.245 e. The highest BCUT2D eigenvalue weighted by Gasteiger charge is 2.24. The molecule has 2 rings (SSSR count). The Morgan fingerprint density at radius 2 is 2.05 bits per heavy atom. The van der Waals surface area contributed by atoms with E-state index >= 15 is 0 Å². The van der Waals surface area contributed by atoms with Gasteiger partial charge < -0.3 is 5.32 Å². The topological polar surface area (TPSA) is 59.8 Å². The van der Waals surface area contributed by atoms with Crippen LogP contribution in [0.2, 0.25) is 0 Å². The van der Waals surface area contributed by atoms with Crippen molar-refractivity contribution in [2.45, 2.75) is 46.7 Å². The fraction of sp³-hybridized carbons (Fsp3) is 0.533. The molecule has 2 atom stereocenters. The van der Waals surface area contributed by atoms with Crippen molar-refractivity contribution in [3.05, 3.63) is 34.0 Å². The Morgan fingerprint density at radius 3 is 2.52 bits per heavy atom. The van der Waals surface area contributed by atoms with Crippen molar-refractivity contribution >= 4 is 17.2 Å². The van der Waals surface area contributed by atoms with Crippen molar-refractivity contribution in [3.8, 4) is 0 Å². The van der Waals surface area contributed by atoms with Crippen LogP contribution in [0.3, 0.4) is 0 Å².